The molecule has 0 heterocycles. The average molecular weight is 980 g/mol. The molecular formula is C65H102O6. The highest BCUT2D eigenvalue weighted by Gasteiger charge is 2.19. The summed E-state index contributed by atoms with van der Waals surface area (Å²) in [5, 5.41) is 0. The van der Waals surface area contributed by atoms with Gasteiger partial charge < -0.3 is 14.2 Å². The highest BCUT2D eigenvalue weighted by molar-refractivity contribution is 5.71. The monoisotopic (exact) mass is 979 g/mol. The van der Waals surface area contributed by atoms with E-state index in [2.05, 4.69) is 167 Å². The van der Waals surface area contributed by atoms with Gasteiger partial charge in [0.05, 0.1) is 0 Å². The molecule has 0 aromatic heterocycles. The maximum Gasteiger partial charge on any atom is 0.306 e. The number of allylic oxidation sites excluding steroid dienone is 24. The van der Waals surface area contributed by atoms with Gasteiger partial charge in [-0.05, 0) is 116 Å². The molecule has 6 nitrogen and oxygen atoms in total. The molecule has 0 aromatic carbocycles. The van der Waals surface area contributed by atoms with Crippen LogP contribution < -0.4 is 0 Å². The van der Waals surface area contributed by atoms with Crippen molar-refractivity contribution < 1.29 is 28.6 Å². The van der Waals surface area contributed by atoms with Crippen LogP contribution in [0, 0.1) is 0 Å². The van der Waals surface area contributed by atoms with Gasteiger partial charge in [-0.1, -0.05) is 237 Å². The molecule has 0 bridgehead atoms. The van der Waals surface area contributed by atoms with Gasteiger partial charge in [0, 0.05) is 19.3 Å². The predicted octanol–water partition coefficient (Wildman–Crippen LogP) is 19.2. The van der Waals surface area contributed by atoms with Crippen molar-refractivity contribution >= 4 is 17.9 Å². The van der Waals surface area contributed by atoms with Crippen LogP contribution in [-0.2, 0) is 28.6 Å². The van der Waals surface area contributed by atoms with E-state index >= 15 is 0 Å². The van der Waals surface area contributed by atoms with Crippen molar-refractivity contribution in [3.05, 3.63) is 146 Å². The minimum absolute atomic E-state index is 0.105. The Kier molecular flexibility index (Phi) is 54.0. The molecule has 0 amide bonds. The molecule has 0 aliphatic carbocycles. The quantitative estimate of drug-likeness (QED) is 0.0262. The van der Waals surface area contributed by atoms with Crippen LogP contribution in [0.15, 0.2) is 146 Å². The summed E-state index contributed by atoms with van der Waals surface area (Å²) < 4.78 is 16.7. The number of hydrogen-bond acceptors (Lipinski definition) is 6. The smallest absolute Gasteiger partial charge is 0.306 e. The van der Waals surface area contributed by atoms with Gasteiger partial charge in [0.15, 0.2) is 6.10 Å². The van der Waals surface area contributed by atoms with Crippen LogP contribution in [0.25, 0.3) is 0 Å². The largest absolute Gasteiger partial charge is 0.462 e. The van der Waals surface area contributed by atoms with E-state index in [0.717, 1.165) is 135 Å². The Morgan fingerprint density at radius 3 is 0.915 bits per heavy atom. The van der Waals surface area contributed by atoms with E-state index in [9.17, 15) is 14.4 Å². The molecular weight excluding hydrogens is 877 g/mol. The molecule has 0 saturated heterocycles. The molecule has 0 radical (unpaired) electrons. The summed E-state index contributed by atoms with van der Waals surface area (Å²) in [4.78, 5) is 37.9. The minimum atomic E-state index is -0.810. The minimum Gasteiger partial charge on any atom is -0.462 e. The first-order valence-corrected chi connectivity index (χ1v) is 28.3. The lowest BCUT2D eigenvalue weighted by molar-refractivity contribution is -0.167. The van der Waals surface area contributed by atoms with Gasteiger partial charge in [0.1, 0.15) is 13.2 Å². The number of hydrogen-bond donors (Lipinski definition) is 0. The Balaban J connectivity index is 4.34. The summed E-state index contributed by atoms with van der Waals surface area (Å²) in [5.74, 6) is -0.992. The third-order valence-corrected chi connectivity index (χ3v) is 11.3. The highest BCUT2D eigenvalue weighted by atomic mass is 16.6. The second-order valence-corrected chi connectivity index (χ2v) is 18.1. The van der Waals surface area contributed by atoms with Crippen molar-refractivity contribution in [1.29, 1.82) is 0 Å². The lowest BCUT2D eigenvalue weighted by atomic mass is 10.1. The lowest BCUT2D eigenvalue weighted by Crippen LogP contribution is -2.30. The Morgan fingerprint density at radius 2 is 0.563 bits per heavy atom. The average Bonchev–Trinajstić information content (AvgIpc) is 3.37. The van der Waals surface area contributed by atoms with Gasteiger partial charge >= 0.3 is 17.9 Å². The van der Waals surface area contributed by atoms with Gasteiger partial charge in [0.2, 0.25) is 0 Å². The highest BCUT2D eigenvalue weighted by Crippen LogP contribution is 2.13. The molecule has 0 N–H and O–H groups in total. The summed E-state index contributed by atoms with van der Waals surface area (Å²) in [6.07, 6.45) is 82.9. The van der Waals surface area contributed by atoms with Crippen molar-refractivity contribution in [2.75, 3.05) is 13.2 Å². The molecule has 1 atom stereocenters. The van der Waals surface area contributed by atoms with E-state index in [1.54, 1.807) is 0 Å². The molecule has 0 rings (SSSR count). The van der Waals surface area contributed by atoms with Crippen molar-refractivity contribution in [2.24, 2.45) is 0 Å². The standard InChI is InChI=1S/C65H102O6/c1-4-7-10-13-16-18-20-22-24-26-27-28-29-30-31-32-33-34-35-36-37-39-40-42-44-46-49-52-55-58-64(67)70-61-62(60-69-63(66)57-54-51-48-15-12-9-6-3)71-65(68)59-56-53-50-47-45-43-41-38-25-23-21-19-17-14-11-8-5-2/h7-8,10-11,16-19,22-25,27-28,30-31,33-34,36-37,40,42,46,49,62H,4-6,9,12-15,20-21,26,29,32,35,38-39,41,43-45,47-48,50-61H2,1-3H3/b10-7-,11-8-,18-16-,19-17-,24-22-,25-23-,28-27-,31-30-,34-33-,37-36-,42-40-,49-46-. The first-order chi connectivity index (χ1) is 35.0. The second-order valence-electron chi connectivity index (χ2n) is 18.1. The molecule has 0 aromatic rings. The van der Waals surface area contributed by atoms with Crippen LogP contribution in [0.4, 0.5) is 0 Å². The third-order valence-electron chi connectivity index (χ3n) is 11.3. The van der Waals surface area contributed by atoms with Crippen molar-refractivity contribution in [2.45, 2.75) is 232 Å². The fraction of sp³-hybridized carbons (Fsp3) is 0.585. The zero-order valence-corrected chi connectivity index (χ0v) is 45.4. The number of ether oxygens (including phenoxy) is 3. The topological polar surface area (TPSA) is 78.9 Å². The first-order valence-electron chi connectivity index (χ1n) is 28.3. The van der Waals surface area contributed by atoms with Crippen LogP contribution in [0.2, 0.25) is 0 Å². The Labute approximate surface area is 436 Å². The predicted molar refractivity (Wildman–Crippen MR) is 306 cm³/mol. The number of carbonyl (C=O) groups excluding carboxylic acids is 3. The maximum absolute atomic E-state index is 12.8. The molecule has 0 aliphatic rings. The van der Waals surface area contributed by atoms with Crippen molar-refractivity contribution in [3.63, 3.8) is 0 Å². The van der Waals surface area contributed by atoms with E-state index in [1.165, 1.54) is 44.9 Å². The summed E-state index contributed by atoms with van der Waals surface area (Å²) in [5.41, 5.74) is 0. The van der Waals surface area contributed by atoms with E-state index in [4.69, 9.17) is 14.2 Å². The fourth-order valence-corrected chi connectivity index (χ4v) is 7.16. The Hall–Kier alpha value is -4.71. The molecule has 0 aliphatic heterocycles. The summed E-state index contributed by atoms with van der Waals surface area (Å²) >= 11 is 0. The molecule has 6 heteroatoms. The van der Waals surface area contributed by atoms with Crippen LogP contribution in [0.1, 0.15) is 226 Å². The summed E-state index contributed by atoms with van der Waals surface area (Å²) in [6, 6.07) is 0. The Bertz CT molecular complexity index is 1590. The molecule has 1 unspecified atom stereocenters. The zero-order chi connectivity index (χ0) is 51.4. The zero-order valence-electron chi connectivity index (χ0n) is 45.4. The van der Waals surface area contributed by atoms with Crippen molar-refractivity contribution in [1.82, 2.24) is 0 Å². The molecule has 0 saturated carbocycles. The van der Waals surface area contributed by atoms with Crippen LogP contribution in [0.5, 0.6) is 0 Å². The van der Waals surface area contributed by atoms with Gasteiger partial charge in [-0.15, -0.1) is 0 Å². The number of rotatable bonds is 49. The molecule has 71 heavy (non-hydrogen) atoms. The van der Waals surface area contributed by atoms with Crippen LogP contribution in [-0.4, -0.2) is 37.2 Å². The fourth-order valence-electron chi connectivity index (χ4n) is 7.16. The van der Waals surface area contributed by atoms with Crippen molar-refractivity contribution in [3.8, 4) is 0 Å². The maximum atomic E-state index is 12.8. The lowest BCUT2D eigenvalue weighted by Gasteiger charge is -2.18. The van der Waals surface area contributed by atoms with E-state index in [1.807, 2.05) is 0 Å². The Morgan fingerprint density at radius 1 is 0.296 bits per heavy atom. The van der Waals surface area contributed by atoms with Crippen LogP contribution >= 0.6 is 0 Å². The summed E-state index contributed by atoms with van der Waals surface area (Å²) in [6.45, 7) is 6.30. The molecule has 0 spiro atoms. The first kappa shape index (κ1) is 66.3. The normalized spacial score (nSPS) is 13.2. The number of carbonyl (C=O) groups is 3. The van der Waals surface area contributed by atoms with E-state index in [-0.39, 0.29) is 37.5 Å². The van der Waals surface area contributed by atoms with Gasteiger partial charge in [-0.25, -0.2) is 0 Å². The molecule has 0 fully saturated rings. The van der Waals surface area contributed by atoms with Gasteiger partial charge in [-0.3, -0.25) is 14.4 Å². The third kappa shape index (κ3) is 56.1. The van der Waals surface area contributed by atoms with E-state index < -0.39 is 6.10 Å². The van der Waals surface area contributed by atoms with Gasteiger partial charge in [0.25, 0.3) is 0 Å². The van der Waals surface area contributed by atoms with E-state index in [0.29, 0.717) is 19.3 Å². The number of unbranched alkanes of at least 4 members (excludes halogenated alkanes) is 14. The SMILES string of the molecule is CC/C=C\C/C=C\C/C=C\C/C=C\C/C=C\C/C=C\C/C=C\C/C=C\C/C=C\CCCC(=O)OCC(COC(=O)CCCCCCCCC)OC(=O)CCCCCCCCC/C=C\C/C=C\C/C=C\CC. The van der Waals surface area contributed by atoms with Crippen LogP contribution in [0.3, 0.4) is 0 Å². The van der Waals surface area contributed by atoms with Gasteiger partial charge in [-0.2, -0.15) is 0 Å². The summed E-state index contributed by atoms with van der Waals surface area (Å²) in [7, 11) is 0. The second kappa shape index (κ2) is 57.9. The number of esters is 3. The molecule has 398 valence electrons.